The molecule has 1 heterocycles. The molecule has 0 saturated heterocycles. The molecule has 0 aliphatic heterocycles. The van der Waals surface area contributed by atoms with Gasteiger partial charge in [-0.1, -0.05) is 18.2 Å². The Balaban J connectivity index is 2.18. The normalized spacial score (nSPS) is 12.4. The van der Waals surface area contributed by atoms with Crippen LogP contribution in [0.4, 0.5) is 5.69 Å². The maximum atomic E-state index is 13.6. The van der Waals surface area contributed by atoms with Crippen molar-refractivity contribution >= 4 is 13.3 Å². The lowest BCUT2D eigenvalue weighted by molar-refractivity contribution is 0.267. The van der Waals surface area contributed by atoms with Gasteiger partial charge in [0.15, 0.2) is 5.78 Å². The van der Waals surface area contributed by atoms with E-state index in [1.165, 1.54) is 26.0 Å². The Morgan fingerprint density at radius 3 is 2.19 bits per heavy atom. The topological polar surface area (TPSA) is 93.0 Å². The van der Waals surface area contributed by atoms with E-state index in [-0.39, 0.29) is 11.2 Å². The van der Waals surface area contributed by atoms with Gasteiger partial charge in [-0.05, 0) is 31.2 Å². The zero-order valence-electron chi connectivity index (χ0n) is 19.0. The highest BCUT2D eigenvalue weighted by Gasteiger charge is 2.39. The fraction of sp³-hybridized carbons (Fsp3) is 0.318. The molecule has 0 saturated carbocycles. The number of ether oxygens (including phenoxy) is 2. The summed E-state index contributed by atoms with van der Waals surface area (Å²) in [6, 6.07) is 14.3. The summed E-state index contributed by atoms with van der Waals surface area (Å²) in [4.78, 5) is 13.4. The van der Waals surface area contributed by atoms with Gasteiger partial charge in [0, 0.05) is 32.9 Å². The number of methoxy groups -OCH3 is 2. The average molecular weight is 461 g/mol. The van der Waals surface area contributed by atoms with Crippen LogP contribution in [0.3, 0.4) is 0 Å². The number of hydrogen-bond acceptors (Lipinski definition) is 7. The lowest BCUT2D eigenvalue weighted by Gasteiger charge is -2.27. The fourth-order valence-electron chi connectivity index (χ4n) is 3.53. The van der Waals surface area contributed by atoms with Crippen LogP contribution in [0.25, 0.3) is 5.69 Å². The maximum Gasteiger partial charge on any atom is 0.356 e. The standard InChI is InChI=1S/C22H28N3O6P/c1-15-20(22(26)25(24(15)2)16-10-8-7-9-11-16)23-21(32(27,30-5)31-6)18-13-12-17(28-3)14-19(18)29-4/h7-14,21,23H,1-6H3/t21-/m1/s1. The van der Waals surface area contributed by atoms with Crippen LogP contribution in [0.2, 0.25) is 0 Å². The molecule has 3 aromatic rings. The molecule has 0 spiro atoms. The molecule has 0 bridgehead atoms. The summed E-state index contributed by atoms with van der Waals surface area (Å²) in [6.45, 7) is 1.80. The first-order chi connectivity index (χ1) is 15.3. The highest BCUT2D eigenvalue weighted by Crippen LogP contribution is 2.61. The van der Waals surface area contributed by atoms with Gasteiger partial charge in [-0.25, -0.2) is 4.68 Å². The molecule has 172 valence electrons. The number of anilines is 1. The highest BCUT2D eigenvalue weighted by atomic mass is 31.2. The molecule has 10 heteroatoms. The molecule has 32 heavy (non-hydrogen) atoms. The number of para-hydroxylation sites is 1. The SMILES string of the molecule is COc1ccc([C@H](Nc2c(C)n(C)n(-c3ccccc3)c2=O)P(=O)(OC)OC)c(OC)c1. The van der Waals surface area contributed by atoms with Crippen molar-refractivity contribution < 1.29 is 23.1 Å². The first-order valence-corrected chi connectivity index (χ1v) is 11.5. The van der Waals surface area contributed by atoms with Crippen molar-refractivity contribution in [1.82, 2.24) is 9.36 Å². The molecular formula is C22H28N3O6P. The number of nitrogens with zero attached hydrogens (tertiary/aromatic N) is 2. The largest absolute Gasteiger partial charge is 0.497 e. The van der Waals surface area contributed by atoms with Gasteiger partial charge in [-0.2, -0.15) is 0 Å². The minimum absolute atomic E-state index is 0.272. The minimum Gasteiger partial charge on any atom is -0.497 e. The van der Waals surface area contributed by atoms with E-state index in [4.69, 9.17) is 18.5 Å². The predicted octanol–water partition coefficient (Wildman–Crippen LogP) is 4.10. The van der Waals surface area contributed by atoms with Gasteiger partial charge >= 0.3 is 7.60 Å². The van der Waals surface area contributed by atoms with Crippen LogP contribution in [-0.2, 0) is 20.7 Å². The van der Waals surface area contributed by atoms with Crippen molar-refractivity contribution in [2.45, 2.75) is 12.7 Å². The summed E-state index contributed by atoms with van der Waals surface area (Å²) in [6.07, 6.45) is 0. The van der Waals surface area contributed by atoms with Gasteiger partial charge in [-0.3, -0.25) is 14.0 Å². The lowest BCUT2D eigenvalue weighted by atomic mass is 10.1. The molecule has 3 rings (SSSR count). The molecule has 0 aliphatic carbocycles. The van der Waals surface area contributed by atoms with Crippen molar-refractivity contribution in [1.29, 1.82) is 0 Å². The quantitative estimate of drug-likeness (QED) is 0.480. The van der Waals surface area contributed by atoms with Crippen LogP contribution < -0.4 is 20.3 Å². The van der Waals surface area contributed by atoms with Crippen LogP contribution in [0, 0.1) is 6.92 Å². The summed E-state index contributed by atoms with van der Waals surface area (Å²) in [5, 5.41) is 3.13. The molecule has 0 amide bonds. The first kappa shape index (κ1) is 23.7. The van der Waals surface area contributed by atoms with E-state index in [9.17, 15) is 9.36 Å². The van der Waals surface area contributed by atoms with Gasteiger partial charge in [0.1, 0.15) is 17.2 Å². The van der Waals surface area contributed by atoms with E-state index in [1.807, 2.05) is 30.3 Å². The molecule has 2 aromatic carbocycles. The Kier molecular flexibility index (Phi) is 7.13. The van der Waals surface area contributed by atoms with E-state index in [2.05, 4.69) is 5.32 Å². The Labute approximate surface area is 187 Å². The second-order valence-corrected chi connectivity index (χ2v) is 9.32. The third kappa shape index (κ3) is 4.19. The van der Waals surface area contributed by atoms with E-state index in [0.717, 1.165) is 0 Å². The van der Waals surface area contributed by atoms with Crippen LogP contribution >= 0.6 is 7.60 Å². The monoisotopic (exact) mass is 461 g/mol. The zero-order chi connectivity index (χ0) is 23.5. The Bertz CT molecular complexity index is 1180. The van der Waals surface area contributed by atoms with Gasteiger partial charge in [-0.15, -0.1) is 0 Å². The zero-order valence-corrected chi connectivity index (χ0v) is 19.9. The Morgan fingerprint density at radius 1 is 0.969 bits per heavy atom. The second-order valence-electron chi connectivity index (χ2n) is 7.00. The minimum atomic E-state index is -3.75. The van der Waals surface area contributed by atoms with Crippen molar-refractivity contribution in [3.63, 3.8) is 0 Å². The number of hydrogen-bond donors (Lipinski definition) is 1. The highest BCUT2D eigenvalue weighted by molar-refractivity contribution is 7.54. The van der Waals surface area contributed by atoms with Crippen molar-refractivity contribution in [3.8, 4) is 17.2 Å². The Morgan fingerprint density at radius 2 is 1.62 bits per heavy atom. The molecule has 1 N–H and O–H groups in total. The second kappa shape index (κ2) is 9.65. The summed E-state index contributed by atoms with van der Waals surface area (Å²) >= 11 is 0. The van der Waals surface area contributed by atoms with Crippen molar-refractivity contribution in [2.24, 2.45) is 7.05 Å². The number of benzene rings is 2. The van der Waals surface area contributed by atoms with Crippen LogP contribution in [0.15, 0.2) is 53.3 Å². The van der Waals surface area contributed by atoms with Crippen molar-refractivity contribution in [2.75, 3.05) is 33.8 Å². The maximum absolute atomic E-state index is 13.6. The van der Waals surface area contributed by atoms with Crippen LogP contribution in [0.1, 0.15) is 17.0 Å². The molecule has 9 nitrogen and oxygen atoms in total. The third-order valence-electron chi connectivity index (χ3n) is 5.40. The molecule has 1 atom stereocenters. The van der Waals surface area contributed by atoms with Gasteiger partial charge in [0.2, 0.25) is 0 Å². The summed E-state index contributed by atoms with van der Waals surface area (Å²) < 4.78 is 38.2. The predicted molar refractivity (Wildman–Crippen MR) is 123 cm³/mol. The number of nitrogens with one attached hydrogen (secondary N) is 1. The van der Waals surface area contributed by atoms with E-state index < -0.39 is 13.4 Å². The van der Waals surface area contributed by atoms with E-state index >= 15 is 0 Å². The van der Waals surface area contributed by atoms with Crippen molar-refractivity contribution in [3.05, 3.63) is 70.1 Å². The molecule has 0 aliphatic rings. The lowest BCUT2D eigenvalue weighted by Crippen LogP contribution is -2.23. The first-order valence-electron chi connectivity index (χ1n) is 9.85. The molecule has 0 radical (unpaired) electrons. The number of aromatic nitrogens is 2. The third-order valence-corrected chi connectivity index (χ3v) is 7.45. The van der Waals surface area contributed by atoms with E-state index in [1.54, 1.807) is 44.0 Å². The van der Waals surface area contributed by atoms with Crippen LogP contribution in [0.5, 0.6) is 11.5 Å². The Hall–Kier alpha value is -3.00. The molecular weight excluding hydrogens is 433 g/mol. The van der Waals surface area contributed by atoms with Crippen LogP contribution in [-0.4, -0.2) is 37.8 Å². The number of rotatable bonds is 9. The summed E-state index contributed by atoms with van der Waals surface area (Å²) in [7, 11) is 3.67. The molecule has 0 fully saturated rings. The summed E-state index contributed by atoms with van der Waals surface area (Å²) in [5.74, 6) is -0.0409. The fourth-order valence-corrected chi connectivity index (χ4v) is 4.94. The van der Waals surface area contributed by atoms with Gasteiger partial charge < -0.3 is 23.8 Å². The molecule has 1 aromatic heterocycles. The smallest absolute Gasteiger partial charge is 0.356 e. The van der Waals surface area contributed by atoms with Gasteiger partial charge in [0.25, 0.3) is 5.56 Å². The summed E-state index contributed by atoms with van der Waals surface area (Å²) in [5.41, 5.74) is 1.82. The van der Waals surface area contributed by atoms with Gasteiger partial charge in [0.05, 0.1) is 25.6 Å². The average Bonchev–Trinajstić information content (AvgIpc) is 3.04. The molecule has 0 unspecified atom stereocenters. The van der Waals surface area contributed by atoms with E-state index in [0.29, 0.717) is 28.4 Å².